The van der Waals surface area contributed by atoms with Gasteiger partial charge in [0.05, 0.1) is 6.04 Å². The van der Waals surface area contributed by atoms with Crippen LogP contribution in [0.3, 0.4) is 0 Å². The summed E-state index contributed by atoms with van der Waals surface area (Å²) >= 11 is 5.62. The molecule has 0 spiro atoms. The molecule has 0 radical (unpaired) electrons. The van der Waals surface area contributed by atoms with Crippen LogP contribution in [0.4, 0.5) is 0 Å². The lowest BCUT2D eigenvalue weighted by Crippen LogP contribution is -2.23. The highest BCUT2D eigenvalue weighted by atomic mass is 79.9. The predicted octanol–water partition coefficient (Wildman–Crippen LogP) is 5.52. The molecular formula is C17H22BrNS. The van der Waals surface area contributed by atoms with Crippen molar-refractivity contribution in [3.63, 3.8) is 0 Å². The monoisotopic (exact) mass is 351 g/mol. The summed E-state index contributed by atoms with van der Waals surface area (Å²) in [5.74, 6) is 0. The molecule has 3 heteroatoms. The Kier molecular flexibility index (Phi) is 5.42. The van der Waals surface area contributed by atoms with Crippen LogP contribution in [-0.4, -0.2) is 6.54 Å². The number of hydrogen-bond acceptors (Lipinski definition) is 2. The average molecular weight is 352 g/mol. The minimum absolute atomic E-state index is 0.280. The van der Waals surface area contributed by atoms with E-state index >= 15 is 0 Å². The lowest BCUT2D eigenvalue weighted by atomic mass is 10.0. The van der Waals surface area contributed by atoms with E-state index < -0.39 is 0 Å². The van der Waals surface area contributed by atoms with Crippen LogP contribution in [0.15, 0.2) is 28.7 Å². The Morgan fingerprint density at radius 1 is 1.20 bits per heavy atom. The van der Waals surface area contributed by atoms with Gasteiger partial charge in [-0.2, -0.15) is 0 Å². The van der Waals surface area contributed by atoms with E-state index in [1.54, 1.807) is 0 Å². The normalized spacial score (nSPS) is 12.7. The summed E-state index contributed by atoms with van der Waals surface area (Å²) in [5.41, 5.74) is 4.02. The molecule has 1 aromatic heterocycles. The molecular weight excluding hydrogens is 330 g/mol. The van der Waals surface area contributed by atoms with E-state index in [-0.39, 0.29) is 6.04 Å². The maximum absolute atomic E-state index is 3.72. The molecule has 0 aliphatic carbocycles. The molecule has 0 aliphatic rings. The van der Waals surface area contributed by atoms with Crippen LogP contribution < -0.4 is 5.32 Å². The van der Waals surface area contributed by atoms with Crippen molar-refractivity contribution in [3.05, 3.63) is 55.2 Å². The number of aryl methyl sites for hydroxylation is 3. The fourth-order valence-corrected chi connectivity index (χ4v) is 4.07. The Morgan fingerprint density at radius 2 is 1.95 bits per heavy atom. The minimum atomic E-state index is 0.280. The molecule has 0 saturated heterocycles. The lowest BCUT2D eigenvalue weighted by molar-refractivity contribution is 0.602. The van der Waals surface area contributed by atoms with Gasteiger partial charge in [-0.05, 0) is 57.0 Å². The summed E-state index contributed by atoms with van der Waals surface area (Å²) in [6.07, 6.45) is 1.14. The van der Waals surface area contributed by atoms with Crippen molar-refractivity contribution in [3.8, 4) is 0 Å². The number of nitrogens with one attached hydrogen (secondary N) is 1. The van der Waals surface area contributed by atoms with Gasteiger partial charge in [0.2, 0.25) is 0 Å². The highest BCUT2D eigenvalue weighted by Gasteiger charge is 2.20. The zero-order valence-electron chi connectivity index (χ0n) is 12.6. The predicted molar refractivity (Wildman–Crippen MR) is 92.8 cm³/mol. The van der Waals surface area contributed by atoms with E-state index in [0.29, 0.717) is 0 Å². The molecule has 108 valence electrons. The Balaban J connectivity index is 2.46. The van der Waals surface area contributed by atoms with Crippen LogP contribution in [0.5, 0.6) is 0 Å². The first-order chi connectivity index (χ1) is 9.52. The van der Waals surface area contributed by atoms with E-state index in [4.69, 9.17) is 0 Å². The van der Waals surface area contributed by atoms with Crippen molar-refractivity contribution in [1.82, 2.24) is 5.32 Å². The third-order valence-electron chi connectivity index (χ3n) is 3.40. The second-order valence-corrected chi connectivity index (χ2v) is 7.46. The summed E-state index contributed by atoms with van der Waals surface area (Å²) in [6.45, 7) is 9.79. The highest BCUT2D eigenvalue weighted by Crippen LogP contribution is 2.35. The standard InChI is InChI=1S/C17H22BrNS/c1-5-8-19-16(17-12(3)10-13(4)20-17)14-9-11(2)6-7-15(14)18/h6-7,9-10,16,19H,5,8H2,1-4H3. The van der Waals surface area contributed by atoms with Gasteiger partial charge < -0.3 is 5.32 Å². The molecule has 1 nitrogen and oxygen atoms in total. The summed E-state index contributed by atoms with van der Waals surface area (Å²) in [4.78, 5) is 2.81. The Morgan fingerprint density at radius 3 is 2.55 bits per heavy atom. The second-order valence-electron chi connectivity index (χ2n) is 5.32. The van der Waals surface area contributed by atoms with Crippen LogP contribution in [0, 0.1) is 20.8 Å². The Bertz CT molecular complexity index is 589. The zero-order valence-corrected chi connectivity index (χ0v) is 15.0. The number of hydrogen-bond donors (Lipinski definition) is 1. The molecule has 1 heterocycles. The van der Waals surface area contributed by atoms with Crippen molar-refractivity contribution in [2.45, 2.75) is 40.2 Å². The van der Waals surface area contributed by atoms with E-state index in [9.17, 15) is 0 Å². The van der Waals surface area contributed by atoms with Crippen LogP contribution in [-0.2, 0) is 0 Å². The summed E-state index contributed by atoms with van der Waals surface area (Å²) < 4.78 is 1.18. The average Bonchev–Trinajstić information content (AvgIpc) is 2.73. The van der Waals surface area contributed by atoms with E-state index in [1.165, 1.54) is 30.9 Å². The first-order valence-electron chi connectivity index (χ1n) is 7.09. The van der Waals surface area contributed by atoms with E-state index in [1.807, 2.05) is 11.3 Å². The smallest absolute Gasteiger partial charge is 0.0684 e. The molecule has 2 rings (SSSR count). The van der Waals surface area contributed by atoms with Gasteiger partial charge in [0, 0.05) is 14.2 Å². The molecule has 2 aromatic rings. The number of rotatable bonds is 5. The highest BCUT2D eigenvalue weighted by molar-refractivity contribution is 9.10. The van der Waals surface area contributed by atoms with Crippen LogP contribution >= 0.6 is 27.3 Å². The number of halogens is 1. The van der Waals surface area contributed by atoms with E-state index in [2.05, 4.69) is 73.2 Å². The van der Waals surface area contributed by atoms with Crippen molar-refractivity contribution in [2.75, 3.05) is 6.54 Å². The molecule has 0 bridgehead atoms. The van der Waals surface area contributed by atoms with Gasteiger partial charge in [-0.25, -0.2) is 0 Å². The zero-order chi connectivity index (χ0) is 14.7. The SMILES string of the molecule is CCCNC(c1cc(C)ccc1Br)c1sc(C)cc1C. The molecule has 0 aliphatic heterocycles. The molecule has 1 N–H and O–H groups in total. The molecule has 0 fully saturated rings. The third-order valence-corrected chi connectivity index (χ3v) is 5.34. The Labute approximate surface area is 134 Å². The second kappa shape index (κ2) is 6.88. The summed E-state index contributed by atoms with van der Waals surface area (Å²) in [5, 5.41) is 3.70. The topological polar surface area (TPSA) is 12.0 Å². The van der Waals surface area contributed by atoms with Crippen LogP contribution in [0.25, 0.3) is 0 Å². The molecule has 1 unspecified atom stereocenters. The van der Waals surface area contributed by atoms with Crippen molar-refractivity contribution >= 4 is 27.3 Å². The maximum atomic E-state index is 3.72. The van der Waals surface area contributed by atoms with Crippen LogP contribution in [0.1, 0.15) is 45.8 Å². The first-order valence-corrected chi connectivity index (χ1v) is 8.70. The van der Waals surface area contributed by atoms with Crippen molar-refractivity contribution < 1.29 is 0 Å². The largest absolute Gasteiger partial charge is 0.306 e. The van der Waals surface area contributed by atoms with E-state index in [0.717, 1.165) is 13.0 Å². The number of thiophene rings is 1. The summed E-state index contributed by atoms with van der Waals surface area (Å²) in [6, 6.07) is 9.15. The van der Waals surface area contributed by atoms with Gasteiger partial charge in [-0.3, -0.25) is 0 Å². The fourth-order valence-electron chi connectivity index (χ4n) is 2.46. The van der Waals surface area contributed by atoms with Gasteiger partial charge in [0.25, 0.3) is 0 Å². The maximum Gasteiger partial charge on any atom is 0.0684 e. The minimum Gasteiger partial charge on any atom is -0.306 e. The fraction of sp³-hybridized carbons (Fsp3) is 0.412. The van der Waals surface area contributed by atoms with Crippen molar-refractivity contribution in [1.29, 1.82) is 0 Å². The van der Waals surface area contributed by atoms with Crippen LogP contribution in [0.2, 0.25) is 0 Å². The summed E-state index contributed by atoms with van der Waals surface area (Å²) in [7, 11) is 0. The van der Waals surface area contributed by atoms with Gasteiger partial charge in [-0.15, -0.1) is 11.3 Å². The third kappa shape index (κ3) is 3.51. The molecule has 1 aromatic carbocycles. The van der Waals surface area contributed by atoms with Gasteiger partial charge in [0.1, 0.15) is 0 Å². The molecule has 0 amide bonds. The quantitative estimate of drug-likeness (QED) is 0.747. The molecule has 1 atom stereocenters. The number of benzene rings is 1. The molecule has 20 heavy (non-hydrogen) atoms. The Hall–Kier alpha value is -0.640. The first kappa shape index (κ1) is 15.7. The van der Waals surface area contributed by atoms with Gasteiger partial charge in [-0.1, -0.05) is 40.5 Å². The van der Waals surface area contributed by atoms with Crippen molar-refractivity contribution in [2.24, 2.45) is 0 Å². The lowest BCUT2D eigenvalue weighted by Gasteiger charge is -2.21. The van der Waals surface area contributed by atoms with Gasteiger partial charge in [0.15, 0.2) is 0 Å². The van der Waals surface area contributed by atoms with Gasteiger partial charge >= 0.3 is 0 Å². The molecule has 0 saturated carbocycles.